The van der Waals surface area contributed by atoms with Crippen LogP contribution in [0, 0.1) is 5.41 Å². The Hall–Kier alpha value is -1.03. The minimum atomic E-state index is -0.355. The predicted molar refractivity (Wildman–Crippen MR) is 84.2 cm³/mol. The number of hydrogen-bond donors (Lipinski definition) is 1. The molecule has 4 nitrogen and oxygen atoms in total. The quantitative estimate of drug-likeness (QED) is 0.849. The molecule has 21 heavy (non-hydrogen) atoms. The number of halogens is 1. The summed E-state index contributed by atoms with van der Waals surface area (Å²) in [6.45, 7) is 4.28. The summed E-state index contributed by atoms with van der Waals surface area (Å²) in [4.78, 5) is 28.0. The van der Waals surface area contributed by atoms with Gasteiger partial charge in [-0.15, -0.1) is 0 Å². The molecular formula is C16H23ClN2O2. The molecule has 0 aromatic carbocycles. The van der Waals surface area contributed by atoms with Crippen LogP contribution < -0.4 is 11.2 Å². The highest BCUT2D eigenvalue weighted by molar-refractivity contribution is 6.30. The second-order valence-electron chi connectivity index (χ2n) is 7.21. The van der Waals surface area contributed by atoms with Crippen LogP contribution in [0.3, 0.4) is 0 Å². The van der Waals surface area contributed by atoms with Gasteiger partial charge in [-0.05, 0) is 37.0 Å². The Bertz CT molecular complexity index is 653. The Kier molecular flexibility index (Phi) is 3.76. The zero-order chi connectivity index (χ0) is 15.2. The molecule has 0 saturated heterocycles. The normalized spacial score (nSPS) is 25.6. The molecular weight excluding hydrogens is 288 g/mol. The van der Waals surface area contributed by atoms with Crippen molar-refractivity contribution in [3.63, 3.8) is 0 Å². The lowest BCUT2D eigenvalue weighted by molar-refractivity contribution is 0.248. The number of H-pyrrole nitrogens is 1. The summed E-state index contributed by atoms with van der Waals surface area (Å²) >= 11 is 6.20. The van der Waals surface area contributed by atoms with Crippen molar-refractivity contribution in [1.82, 2.24) is 9.55 Å². The molecule has 3 rings (SSSR count). The second kappa shape index (κ2) is 5.31. The maximum Gasteiger partial charge on any atom is 0.329 e. The molecule has 1 heterocycles. The Balaban J connectivity index is 2.15. The third kappa shape index (κ3) is 2.48. The first kappa shape index (κ1) is 14.9. The molecule has 1 aromatic rings. The van der Waals surface area contributed by atoms with Crippen LogP contribution >= 0.6 is 11.6 Å². The molecule has 1 unspecified atom stereocenters. The first-order chi connectivity index (χ1) is 9.92. The Morgan fingerprint density at radius 3 is 2.38 bits per heavy atom. The molecule has 0 radical (unpaired) electrons. The van der Waals surface area contributed by atoms with E-state index in [1.54, 1.807) is 0 Å². The summed E-state index contributed by atoms with van der Waals surface area (Å²) in [7, 11) is 0. The maximum absolute atomic E-state index is 12.9. The van der Waals surface area contributed by atoms with E-state index in [0.29, 0.717) is 5.56 Å². The first-order valence-electron chi connectivity index (χ1n) is 7.96. The number of nitrogens with zero attached hydrogens (tertiary/aromatic N) is 1. The van der Waals surface area contributed by atoms with E-state index in [2.05, 4.69) is 18.8 Å². The number of rotatable bonds is 2. The number of aromatic amines is 1. The van der Waals surface area contributed by atoms with E-state index in [1.165, 1.54) is 4.57 Å². The molecule has 5 heteroatoms. The lowest BCUT2D eigenvalue weighted by atomic mass is 9.87. The fraction of sp³-hybridized carbons (Fsp3) is 0.750. The van der Waals surface area contributed by atoms with Crippen LogP contribution in [0.4, 0.5) is 0 Å². The topological polar surface area (TPSA) is 54.9 Å². The standard InChI is InChI=1S/C16H23ClN2O2/c1-16(2)9-5-8-11(16)19-14(20)12(10-6-3-4-7-10)13(17)18-15(19)21/h10-11H,3-9H2,1-2H3,(H,18,21). The van der Waals surface area contributed by atoms with Crippen LogP contribution in [-0.4, -0.2) is 9.55 Å². The van der Waals surface area contributed by atoms with E-state index in [4.69, 9.17) is 11.6 Å². The lowest BCUT2D eigenvalue weighted by Crippen LogP contribution is -2.43. The molecule has 2 saturated carbocycles. The van der Waals surface area contributed by atoms with Crippen LogP contribution in [0.25, 0.3) is 0 Å². The largest absolute Gasteiger partial charge is 0.329 e. The number of aromatic nitrogens is 2. The van der Waals surface area contributed by atoms with Crippen LogP contribution in [0.5, 0.6) is 0 Å². The minimum Gasteiger partial charge on any atom is -0.297 e. The number of nitrogens with one attached hydrogen (secondary N) is 1. The van der Waals surface area contributed by atoms with Crippen LogP contribution in [0.15, 0.2) is 9.59 Å². The monoisotopic (exact) mass is 310 g/mol. The molecule has 1 aromatic heterocycles. The molecule has 2 aliphatic rings. The zero-order valence-electron chi connectivity index (χ0n) is 12.7. The summed E-state index contributed by atoms with van der Waals surface area (Å²) in [5.41, 5.74) is 0.108. The highest BCUT2D eigenvalue weighted by atomic mass is 35.5. The molecule has 1 atom stereocenters. The van der Waals surface area contributed by atoms with Gasteiger partial charge in [-0.3, -0.25) is 14.3 Å². The van der Waals surface area contributed by atoms with Crippen molar-refractivity contribution < 1.29 is 0 Å². The fourth-order valence-corrected chi connectivity index (χ4v) is 4.49. The highest BCUT2D eigenvalue weighted by Crippen LogP contribution is 2.45. The third-order valence-corrected chi connectivity index (χ3v) is 5.70. The smallest absolute Gasteiger partial charge is 0.297 e. The predicted octanol–water partition coefficient (Wildman–Crippen LogP) is 3.60. The van der Waals surface area contributed by atoms with Gasteiger partial charge in [0.15, 0.2) is 0 Å². The Morgan fingerprint density at radius 1 is 1.14 bits per heavy atom. The SMILES string of the molecule is CC1(C)CCCC1n1c(=O)[nH]c(Cl)c(C2CCCC2)c1=O. The summed E-state index contributed by atoms with van der Waals surface area (Å²) in [6, 6.07) is -0.0221. The van der Waals surface area contributed by atoms with Gasteiger partial charge in [0.2, 0.25) is 0 Å². The molecule has 0 aliphatic heterocycles. The van der Waals surface area contributed by atoms with Crippen molar-refractivity contribution in [3.8, 4) is 0 Å². The van der Waals surface area contributed by atoms with Gasteiger partial charge in [0.1, 0.15) is 5.15 Å². The molecule has 116 valence electrons. The number of hydrogen-bond acceptors (Lipinski definition) is 2. The Labute approximate surface area is 129 Å². The maximum atomic E-state index is 12.9. The van der Waals surface area contributed by atoms with Crippen molar-refractivity contribution in [2.45, 2.75) is 70.8 Å². The van der Waals surface area contributed by atoms with Crippen LogP contribution in [0.2, 0.25) is 5.15 Å². The lowest BCUT2D eigenvalue weighted by Gasteiger charge is -2.28. The molecule has 2 fully saturated rings. The molecule has 0 spiro atoms. The minimum absolute atomic E-state index is 0.0163. The average molecular weight is 311 g/mol. The summed E-state index contributed by atoms with van der Waals surface area (Å²) < 4.78 is 1.45. The van der Waals surface area contributed by atoms with Crippen molar-refractivity contribution in [1.29, 1.82) is 0 Å². The molecule has 0 amide bonds. The summed E-state index contributed by atoms with van der Waals surface area (Å²) in [5.74, 6) is 0.206. The summed E-state index contributed by atoms with van der Waals surface area (Å²) in [5, 5.41) is 0.254. The third-order valence-electron chi connectivity index (χ3n) is 5.40. The molecule has 1 N–H and O–H groups in total. The molecule has 0 bridgehead atoms. The van der Waals surface area contributed by atoms with E-state index in [0.717, 1.165) is 44.9 Å². The van der Waals surface area contributed by atoms with Gasteiger partial charge in [0.25, 0.3) is 5.56 Å². The van der Waals surface area contributed by atoms with E-state index >= 15 is 0 Å². The van der Waals surface area contributed by atoms with Gasteiger partial charge < -0.3 is 0 Å². The Morgan fingerprint density at radius 2 is 1.81 bits per heavy atom. The fourth-order valence-electron chi connectivity index (χ4n) is 4.18. The highest BCUT2D eigenvalue weighted by Gasteiger charge is 2.38. The van der Waals surface area contributed by atoms with Crippen molar-refractivity contribution in [2.24, 2.45) is 5.41 Å². The van der Waals surface area contributed by atoms with Crippen molar-refractivity contribution >= 4 is 11.6 Å². The second-order valence-corrected chi connectivity index (χ2v) is 7.59. The zero-order valence-corrected chi connectivity index (χ0v) is 13.5. The van der Waals surface area contributed by atoms with Gasteiger partial charge in [0.05, 0.1) is 5.56 Å². The van der Waals surface area contributed by atoms with E-state index < -0.39 is 0 Å². The van der Waals surface area contributed by atoms with Crippen molar-refractivity contribution in [3.05, 3.63) is 31.6 Å². The van der Waals surface area contributed by atoms with Crippen LogP contribution in [0.1, 0.15) is 76.3 Å². The van der Waals surface area contributed by atoms with Gasteiger partial charge in [-0.2, -0.15) is 0 Å². The van der Waals surface area contributed by atoms with E-state index in [1.807, 2.05) is 0 Å². The first-order valence-corrected chi connectivity index (χ1v) is 8.34. The van der Waals surface area contributed by atoms with E-state index in [-0.39, 0.29) is 33.8 Å². The van der Waals surface area contributed by atoms with Crippen LogP contribution in [-0.2, 0) is 0 Å². The van der Waals surface area contributed by atoms with Gasteiger partial charge in [-0.1, -0.05) is 44.7 Å². The van der Waals surface area contributed by atoms with Gasteiger partial charge in [-0.25, -0.2) is 4.79 Å². The van der Waals surface area contributed by atoms with Crippen molar-refractivity contribution in [2.75, 3.05) is 0 Å². The molecule has 2 aliphatic carbocycles. The van der Waals surface area contributed by atoms with Gasteiger partial charge >= 0.3 is 5.69 Å². The summed E-state index contributed by atoms with van der Waals surface area (Å²) in [6.07, 6.45) is 7.25. The van der Waals surface area contributed by atoms with E-state index in [9.17, 15) is 9.59 Å². The average Bonchev–Trinajstić information content (AvgIpc) is 3.00. The van der Waals surface area contributed by atoms with Gasteiger partial charge in [0, 0.05) is 6.04 Å².